The number of thiazole rings is 1. The lowest BCUT2D eigenvalue weighted by Crippen LogP contribution is -2.34. The van der Waals surface area contributed by atoms with E-state index in [1.807, 2.05) is 0 Å². The Balaban J connectivity index is 1.46. The highest BCUT2D eigenvalue weighted by atomic mass is 32.1. The van der Waals surface area contributed by atoms with Crippen molar-refractivity contribution in [2.45, 2.75) is 33.0 Å². The van der Waals surface area contributed by atoms with Crippen LogP contribution in [0.15, 0.2) is 22.9 Å². The second-order valence-corrected chi connectivity index (χ2v) is 7.18. The Morgan fingerprint density at radius 1 is 1.23 bits per heavy atom. The predicted octanol–water partition coefficient (Wildman–Crippen LogP) is 3.04. The van der Waals surface area contributed by atoms with Crippen LogP contribution in [0.25, 0.3) is 9.88 Å². The molecule has 0 spiro atoms. The van der Waals surface area contributed by atoms with Gasteiger partial charge >= 0.3 is 0 Å². The number of nitrogens with zero attached hydrogens (tertiary/aromatic N) is 5. The molecule has 0 unspecified atom stereocenters. The Morgan fingerprint density at radius 3 is 3.00 bits per heavy atom. The standard InChI is InChI=1S/C15H17N5S2/c1-2-13-17-18-14-9-19(5-6-20(13)14)8-11-10-22-15(16-11)12-4-3-7-21-12/h3-4,7,10H,2,5-6,8-9H2,1H3. The summed E-state index contributed by atoms with van der Waals surface area (Å²) in [5.41, 5.74) is 1.15. The number of aromatic nitrogens is 4. The van der Waals surface area contributed by atoms with Crippen LogP contribution in [-0.2, 0) is 26.1 Å². The molecule has 0 radical (unpaired) electrons. The first kappa shape index (κ1) is 14.0. The van der Waals surface area contributed by atoms with E-state index in [0.29, 0.717) is 0 Å². The van der Waals surface area contributed by atoms with Crippen molar-refractivity contribution >= 4 is 22.7 Å². The minimum Gasteiger partial charge on any atom is -0.313 e. The smallest absolute Gasteiger partial charge is 0.147 e. The highest BCUT2D eigenvalue weighted by Crippen LogP contribution is 2.28. The van der Waals surface area contributed by atoms with E-state index in [0.717, 1.165) is 55.0 Å². The van der Waals surface area contributed by atoms with Gasteiger partial charge in [0.05, 0.1) is 17.1 Å². The summed E-state index contributed by atoms with van der Waals surface area (Å²) in [6.07, 6.45) is 0.948. The normalized spacial score (nSPS) is 15.1. The molecule has 0 aliphatic carbocycles. The van der Waals surface area contributed by atoms with E-state index in [1.54, 1.807) is 22.7 Å². The Morgan fingerprint density at radius 2 is 2.18 bits per heavy atom. The van der Waals surface area contributed by atoms with Gasteiger partial charge in [0.2, 0.25) is 0 Å². The maximum absolute atomic E-state index is 4.77. The van der Waals surface area contributed by atoms with Crippen LogP contribution in [0.3, 0.4) is 0 Å². The average Bonchev–Trinajstić information content (AvgIpc) is 3.27. The first-order valence-corrected chi connectivity index (χ1v) is 9.21. The van der Waals surface area contributed by atoms with Crippen molar-refractivity contribution in [2.75, 3.05) is 6.54 Å². The highest BCUT2D eigenvalue weighted by Gasteiger charge is 2.21. The van der Waals surface area contributed by atoms with Crippen LogP contribution < -0.4 is 0 Å². The van der Waals surface area contributed by atoms with Crippen LogP contribution in [0.5, 0.6) is 0 Å². The second kappa shape index (κ2) is 5.91. The molecule has 0 saturated heterocycles. The van der Waals surface area contributed by atoms with E-state index in [9.17, 15) is 0 Å². The summed E-state index contributed by atoms with van der Waals surface area (Å²) in [7, 11) is 0. The number of hydrogen-bond donors (Lipinski definition) is 0. The zero-order valence-corrected chi connectivity index (χ0v) is 14.0. The van der Waals surface area contributed by atoms with Crippen molar-refractivity contribution in [3.63, 3.8) is 0 Å². The Bertz CT molecular complexity index is 759. The highest BCUT2D eigenvalue weighted by molar-refractivity contribution is 7.20. The third-order valence-electron chi connectivity index (χ3n) is 3.89. The van der Waals surface area contributed by atoms with Crippen LogP contribution in [0, 0.1) is 0 Å². The molecule has 3 aromatic rings. The van der Waals surface area contributed by atoms with E-state index in [-0.39, 0.29) is 0 Å². The maximum atomic E-state index is 4.77. The van der Waals surface area contributed by atoms with Crippen LogP contribution in [-0.4, -0.2) is 31.2 Å². The molecule has 1 aliphatic rings. The molecule has 0 N–H and O–H groups in total. The van der Waals surface area contributed by atoms with Crippen molar-refractivity contribution in [1.29, 1.82) is 0 Å². The van der Waals surface area contributed by atoms with Gasteiger partial charge in [0, 0.05) is 31.4 Å². The van der Waals surface area contributed by atoms with E-state index in [1.165, 1.54) is 4.88 Å². The molecule has 0 amide bonds. The minimum absolute atomic E-state index is 0.860. The summed E-state index contributed by atoms with van der Waals surface area (Å²) < 4.78 is 2.26. The van der Waals surface area contributed by atoms with Gasteiger partial charge in [-0.3, -0.25) is 4.90 Å². The molecular weight excluding hydrogens is 314 g/mol. The van der Waals surface area contributed by atoms with Crippen molar-refractivity contribution in [3.8, 4) is 9.88 Å². The van der Waals surface area contributed by atoms with Crippen molar-refractivity contribution in [1.82, 2.24) is 24.6 Å². The van der Waals surface area contributed by atoms with Gasteiger partial charge in [0.1, 0.15) is 16.7 Å². The van der Waals surface area contributed by atoms with Gasteiger partial charge < -0.3 is 4.57 Å². The maximum Gasteiger partial charge on any atom is 0.147 e. The minimum atomic E-state index is 0.860. The molecule has 4 heterocycles. The number of hydrogen-bond acceptors (Lipinski definition) is 6. The average molecular weight is 331 g/mol. The summed E-state index contributed by atoms with van der Waals surface area (Å²) in [5, 5.41) is 14.0. The third kappa shape index (κ3) is 2.60. The fourth-order valence-corrected chi connectivity index (χ4v) is 4.41. The molecule has 0 bridgehead atoms. The van der Waals surface area contributed by atoms with Gasteiger partial charge in [0.15, 0.2) is 0 Å². The fraction of sp³-hybridized carbons (Fsp3) is 0.400. The molecule has 0 atom stereocenters. The summed E-state index contributed by atoms with van der Waals surface area (Å²) >= 11 is 3.47. The summed E-state index contributed by atoms with van der Waals surface area (Å²) in [5.74, 6) is 2.18. The van der Waals surface area contributed by atoms with Gasteiger partial charge in [-0.15, -0.1) is 32.9 Å². The molecular formula is C15H17N5S2. The zero-order valence-electron chi connectivity index (χ0n) is 12.4. The van der Waals surface area contributed by atoms with E-state index >= 15 is 0 Å². The van der Waals surface area contributed by atoms with Crippen LogP contribution >= 0.6 is 22.7 Å². The SMILES string of the molecule is CCc1nnc2n1CCN(Cc1csc(-c3cccs3)n1)C2. The molecule has 1 aliphatic heterocycles. The van der Waals surface area contributed by atoms with E-state index < -0.39 is 0 Å². The van der Waals surface area contributed by atoms with Crippen LogP contribution in [0.4, 0.5) is 0 Å². The first-order chi connectivity index (χ1) is 10.8. The summed E-state index contributed by atoms with van der Waals surface area (Å²) in [4.78, 5) is 8.42. The number of aryl methyl sites for hydroxylation is 1. The Labute approximate surface area is 137 Å². The summed E-state index contributed by atoms with van der Waals surface area (Å²) in [6.45, 7) is 5.89. The van der Waals surface area contributed by atoms with Crippen molar-refractivity contribution in [3.05, 3.63) is 40.2 Å². The molecule has 5 nitrogen and oxygen atoms in total. The van der Waals surface area contributed by atoms with Gasteiger partial charge in [-0.25, -0.2) is 4.98 Å². The lowest BCUT2D eigenvalue weighted by molar-refractivity contribution is 0.205. The zero-order chi connectivity index (χ0) is 14.9. The lowest BCUT2D eigenvalue weighted by atomic mass is 10.3. The number of rotatable bonds is 4. The summed E-state index contributed by atoms with van der Waals surface area (Å²) in [6, 6.07) is 4.20. The largest absolute Gasteiger partial charge is 0.313 e. The molecule has 7 heteroatoms. The fourth-order valence-electron chi connectivity index (χ4n) is 2.79. The molecule has 0 saturated carbocycles. The Hall–Kier alpha value is -1.57. The quantitative estimate of drug-likeness (QED) is 0.737. The molecule has 0 aromatic carbocycles. The second-order valence-electron chi connectivity index (χ2n) is 5.37. The van der Waals surface area contributed by atoms with E-state index in [2.05, 4.69) is 49.5 Å². The molecule has 3 aromatic heterocycles. The molecule has 114 valence electrons. The molecule has 0 fully saturated rings. The first-order valence-electron chi connectivity index (χ1n) is 7.45. The lowest BCUT2D eigenvalue weighted by Gasteiger charge is -2.26. The topological polar surface area (TPSA) is 46.8 Å². The molecule has 22 heavy (non-hydrogen) atoms. The van der Waals surface area contributed by atoms with Crippen molar-refractivity contribution < 1.29 is 0 Å². The van der Waals surface area contributed by atoms with Gasteiger partial charge in [-0.2, -0.15) is 0 Å². The third-order valence-corrected chi connectivity index (χ3v) is 5.82. The van der Waals surface area contributed by atoms with Crippen LogP contribution in [0.1, 0.15) is 24.3 Å². The van der Waals surface area contributed by atoms with Gasteiger partial charge in [0.25, 0.3) is 0 Å². The predicted molar refractivity (Wildman–Crippen MR) is 88.9 cm³/mol. The van der Waals surface area contributed by atoms with Gasteiger partial charge in [-0.1, -0.05) is 13.0 Å². The molecule has 4 rings (SSSR count). The Kier molecular flexibility index (Phi) is 3.77. The number of thiophene rings is 1. The van der Waals surface area contributed by atoms with Crippen LogP contribution in [0.2, 0.25) is 0 Å². The van der Waals surface area contributed by atoms with Crippen molar-refractivity contribution in [2.24, 2.45) is 0 Å². The number of fused-ring (bicyclic) bond motifs is 1. The van der Waals surface area contributed by atoms with E-state index in [4.69, 9.17) is 4.98 Å². The monoisotopic (exact) mass is 331 g/mol. The van der Waals surface area contributed by atoms with Gasteiger partial charge in [-0.05, 0) is 11.4 Å².